The Morgan fingerprint density at radius 2 is 1.82 bits per heavy atom. The number of amides is 2. The first-order valence-electron chi connectivity index (χ1n) is 10.9. The zero-order chi connectivity index (χ0) is 24.5. The summed E-state index contributed by atoms with van der Waals surface area (Å²) in [5, 5.41) is 12.8. The highest BCUT2D eigenvalue weighted by molar-refractivity contribution is 6.05. The molecule has 0 radical (unpaired) electrons. The first kappa shape index (κ1) is 24.6. The number of hydrogen-bond donors (Lipinski definition) is 3. The fraction of sp³-hybridized carbons (Fsp3) is 0.231. The Labute approximate surface area is 198 Å². The molecule has 176 valence electrons. The van der Waals surface area contributed by atoms with Gasteiger partial charge < -0.3 is 15.7 Å². The van der Waals surface area contributed by atoms with Crippen LogP contribution in [0.2, 0.25) is 0 Å². The normalized spacial score (nSPS) is 14.7. The first-order valence-corrected chi connectivity index (χ1v) is 10.9. The summed E-state index contributed by atoms with van der Waals surface area (Å²) >= 11 is 0. The molecule has 8 nitrogen and oxygen atoms in total. The van der Waals surface area contributed by atoms with Gasteiger partial charge in [0.2, 0.25) is 0 Å². The molecule has 2 amide bonds. The van der Waals surface area contributed by atoms with E-state index in [4.69, 9.17) is 9.90 Å². The summed E-state index contributed by atoms with van der Waals surface area (Å²) in [5.41, 5.74) is 5.18. The third-order valence-corrected chi connectivity index (χ3v) is 5.79. The van der Waals surface area contributed by atoms with E-state index < -0.39 is 0 Å². The van der Waals surface area contributed by atoms with Crippen LogP contribution in [0.5, 0.6) is 0 Å². The molecule has 0 fully saturated rings. The monoisotopic (exact) mass is 460 g/mol. The summed E-state index contributed by atoms with van der Waals surface area (Å²) < 4.78 is 0. The van der Waals surface area contributed by atoms with Gasteiger partial charge in [-0.1, -0.05) is 30.3 Å². The van der Waals surface area contributed by atoms with Gasteiger partial charge in [-0.15, -0.1) is 0 Å². The number of fused-ring (bicyclic) bond motifs is 1. The summed E-state index contributed by atoms with van der Waals surface area (Å²) in [7, 11) is 2.09. The second-order valence-corrected chi connectivity index (χ2v) is 8.08. The Morgan fingerprint density at radius 3 is 2.53 bits per heavy atom. The Balaban J connectivity index is 0.00000103. The lowest BCUT2D eigenvalue weighted by atomic mass is 9.94. The number of likely N-dealkylation sites (N-methyl/N-ethyl adjacent to an activating group) is 1. The second kappa shape index (κ2) is 11.7. The van der Waals surface area contributed by atoms with E-state index in [2.05, 4.69) is 51.8 Å². The van der Waals surface area contributed by atoms with Gasteiger partial charge in [0.1, 0.15) is 0 Å². The molecule has 0 saturated heterocycles. The minimum Gasteiger partial charge on any atom is -0.483 e. The number of pyridine rings is 1. The lowest BCUT2D eigenvalue weighted by Gasteiger charge is -2.34. The van der Waals surface area contributed by atoms with E-state index in [9.17, 15) is 9.59 Å². The molecular formula is C26H28N4O4. The summed E-state index contributed by atoms with van der Waals surface area (Å²) in [6, 6.07) is 17.5. The quantitative estimate of drug-likeness (QED) is 0.505. The number of anilines is 1. The Kier molecular flexibility index (Phi) is 8.48. The molecule has 1 aliphatic rings. The molecule has 4 rings (SSSR count). The van der Waals surface area contributed by atoms with Crippen LogP contribution < -0.4 is 10.6 Å². The molecule has 1 aliphatic heterocycles. The Bertz CT molecular complexity index is 1150. The number of aryl methyl sites for hydroxylation is 1. The van der Waals surface area contributed by atoms with Crippen molar-refractivity contribution in [3.63, 3.8) is 0 Å². The Morgan fingerprint density at radius 1 is 1.09 bits per heavy atom. The fourth-order valence-electron chi connectivity index (χ4n) is 3.85. The van der Waals surface area contributed by atoms with Crippen molar-refractivity contribution < 1.29 is 19.5 Å². The van der Waals surface area contributed by atoms with Crippen LogP contribution in [0, 0.1) is 6.92 Å². The van der Waals surface area contributed by atoms with Gasteiger partial charge in [0.15, 0.2) is 0 Å². The zero-order valence-corrected chi connectivity index (χ0v) is 19.2. The maximum atomic E-state index is 12.8. The molecule has 34 heavy (non-hydrogen) atoms. The van der Waals surface area contributed by atoms with Crippen LogP contribution >= 0.6 is 0 Å². The van der Waals surface area contributed by atoms with E-state index in [0.717, 1.165) is 18.5 Å². The molecule has 3 aromatic rings. The summed E-state index contributed by atoms with van der Waals surface area (Å²) in [6.45, 7) is 3.09. The van der Waals surface area contributed by atoms with Gasteiger partial charge in [-0.05, 0) is 61.3 Å². The number of carboxylic acid groups (broad SMARTS) is 1. The maximum absolute atomic E-state index is 12.8. The third kappa shape index (κ3) is 6.26. The van der Waals surface area contributed by atoms with Crippen LogP contribution in [-0.2, 0) is 17.8 Å². The highest BCUT2D eigenvalue weighted by atomic mass is 16.3. The molecule has 2 heterocycles. The average molecular weight is 461 g/mol. The van der Waals surface area contributed by atoms with Crippen molar-refractivity contribution in [1.82, 2.24) is 15.2 Å². The number of rotatable bonds is 5. The predicted octanol–water partition coefficient (Wildman–Crippen LogP) is 3.13. The van der Waals surface area contributed by atoms with Crippen molar-refractivity contribution in [3.05, 3.63) is 94.8 Å². The standard InChI is InChI=1S/C25H26N4O2.CH2O2/c1-17-9-10-19(13-23(17)28-25(31)20-8-5-11-26-14-20)24(30)27-15-22-12-18-6-3-4-7-21(18)16-29(22)2;2-1-3/h3-11,13-14,22H,12,15-16H2,1-2H3,(H,27,30)(H,28,31);1H,(H,2,3). The number of carbonyl (C=O) groups excluding carboxylic acids is 2. The molecule has 0 saturated carbocycles. The van der Waals surface area contributed by atoms with Gasteiger partial charge in [0, 0.05) is 42.8 Å². The second-order valence-electron chi connectivity index (χ2n) is 8.08. The predicted molar refractivity (Wildman–Crippen MR) is 130 cm³/mol. The first-order chi connectivity index (χ1) is 16.4. The zero-order valence-electron chi connectivity index (χ0n) is 19.2. The van der Waals surface area contributed by atoms with Gasteiger partial charge in [-0.3, -0.25) is 24.3 Å². The van der Waals surface area contributed by atoms with Crippen molar-refractivity contribution >= 4 is 24.0 Å². The van der Waals surface area contributed by atoms with Gasteiger partial charge in [0.25, 0.3) is 18.3 Å². The SMILES string of the molecule is Cc1ccc(C(=O)NCC2Cc3ccccc3CN2C)cc1NC(=O)c1cccnc1.O=CO. The van der Waals surface area contributed by atoms with Crippen LogP contribution in [0.15, 0.2) is 67.0 Å². The number of aromatic nitrogens is 1. The van der Waals surface area contributed by atoms with Crippen LogP contribution in [0.25, 0.3) is 0 Å². The van der Waals surface area contributed by atoms with Crippen LogP contribution in [0.4, 0.5) is 5.69 Å². The molecule has 8 heteroatoms. The number of carbonyl (C=O) groups is 3. The molecule has 2 aromatic carbocycles. The van der Waals surface area contributed by atoms with Gasteiger partial charge in [-0.25, -0.2) is 0 Å². The molecular weight excluding hydrogens is 432 g/mol. The minimum absolute atomic E-state index is 0.149. The van der Waals surface area contributed by atoms with E-state index >= 15 is 0 Å². The lowest BCUT2D eigenvalue weighted by Crippen LogP contribution is -2.45. The molecule has 1 atom stereocenters. The van der Waals surface area contributed by atoms with Gasteiger partial charge >= 0.3 is 0 Å². The molecule has 0 spiro atoms. The van der Waals surface area contributed by atoms with E-state index in [1.807, 2.05) is 13.0 Å². The smallest absolute Gasteiger partial charge is 0.290 e. The van der Waals surface area contributed by atoms with Crippen molar-refractivity contribution in [2.45, 2.75) is 25.9 Å². The maximum Gasteiger partial charge on any atom is 0.290 e. The van der Waals surface area contributed by atoms with E-state index in [-0.39, 0.29) is 24.3 Å². The van der Waals surface area contributed by atoms with E-state index in [0.29, 0.717) is 23.4 Å². The van der Waals surface area contributed by atoms with Crippen molar-refractivity contribution in [1.29, 1.82) is 0 Å². The summed E-state index contributed by atoms with van der Waals surface area (Å²) in [6.07, 6.45) is 4.04. The van der Waals surface area contributed by atoms with Gasteiger partial charge in [0.05, 0.1) is 5.56 Å². The number of nitrogens with zero attached hydrogens (tertiary/aromatic N) is 2. The largest absolute Gasteiger partial charge is 0.483 e. The average Bonchev–Trinajstić information content (AvgIpc) is 2.85. The van der Waals surface area contributed by atoms with Gasteiger partial charge in [-0.2, -0.15) is 0 Å². The molecule has 1 unspecified atom stereocenters. The highest BCUT2D eigenvalue weighted by Gasteiger charge is 2.23. The number of hydrogen-bond acceptors (Lipinski definition) is 5. The van der Waals surface area contributed by atoms with Crippen LogP contribution in [0.3, 0.4) is 0 Å². The van der Waals surface area contributed by atoms with Crippen molar-refractivity contribution in [2.24, 2.45) is 0 Å². The van der Waals surface area contributed by atoms with Crippen molar-refractivity contribution in [3.8, 4) is 0 Å². The number of benzene rings is 2. The third-order valence-electron chi connectivity index (χ3n) is 5.79. The number of nitrogens with one attached hydrogen (secondary N) is 2. The van der Waals surface area contributed by atoms with Crippen molar-refractivity contribution in [2.75, 3.05) is 18.9 Å². The van der Waals surface area contributed by atoms with Crippen LogP contribution in [-0.4, -0.2) is 52.9 Å². The molecule has 0 bridgehead atoms. The summed E-state index contributed by atoms with van der Waals surface area (Å²) in [4.78, 5) is 39.9. The molecule has 3 N–H and O–H groups in total. The summed E-state index contributed by atoms with van der Waals surface area (Å²) in [5.74, 6) is -0.402. The van der Waals surface area contributed by atoms with Crippen LogP contribution in [0.1, 0.15) is 37.4 Å². The highest BCUT2D eigenvalue weighted by Crippen LogP contribution is 2.22. The van der Waals surface area contributed by atoms with E-state index in [1.54, 1.807) is 30.5 Å². The minimum atomic E-state index is -0.253. The van der Waals surface area contributed by atoms with E-state index in [1.165, 1.54) is 17.3 Å². The fourth-order valence-corrected chi connectivity index (χ4v) is 3.85. The topological polar surface area (TPSA) is 112 Å². The lowest BCUT2D eigenvalue weighted by molar-refractivity contribution is -0.122. The Hall–Kier alpha value is -4.04. The molecule has 1 aromatic heterocycles. The molecule has 0 aliphatic carbocycles.